The maximum atomic E-state index is 13.9. The average Bonchev–Trinajstić information content (AvgIpc) is 2.69. The number of ketones is 2. The van der Waals surface area contributed by atoms with Crippen molar-refractivity contribution in [2.24, 2.45) is 14.1 Å². The van der Waals surface area contributed by atoms with Crippen LogP contribution >= 0.6 is 0 Å². The Morgan fingerprint density at radius 1 is 1.04 bits per heavy atom. The van der Waals surface area contributed by atoms with Crippen LogP contribution in [0.2, 0.25) is 0 Å². The first-order valence-electron chi connectivity index (χ1n) is 8.22. The summed E-state index contributed by atoms with van der Waals surface area (Å²) in [6.45, 7) is 0. The van der Waals surface area contributed by atoms with Gasteiger partial charge in [-0.2, -0.15) is 0 Å². The smallest absolute Gasteiger partial charge is 0.332 e. The van der Waals surface area contributed by atoms with Crippen molar-refractivity contribution in [2.45, 2.75) is 0 Å². The zero-order valence-corrected chi connectivity index (χ0v) is 14.8. The molecule has 4 rings (SSSR count). The highest BCUT2D eigenvalue weighted by Gasteiger charge is 2.30. The second kappa shape index (κ2) is 6.08. The molecule has 0 bridgehead atoms. The zero-order chi connectivity index (χ0) is 20.2. The molecule has 0 radical (unpaired) electrons. The van der Waals surface area contributed by atoms with Crippen molar-refractivity contribution in [2.75, 3.05) is 5.32 Å². The van der Waals surface area contributed by atoms with Gasteiger partial charge in [0.2, 0.25) is 5.78 Å². The van der Waals surface area contributed by atoms with E-state index in [4.69, 9.17) is 0 Å². The summed E-state index contributed by atoms with van der Waals surface area (Å²) >= 11 is 0. The van der Waals surface area contributed by atoms with Crippen molar-refractivity contribution in [3.05, 3.63) is 80.0 Å². The molecule has 0 aliphatic heterocycles. The molecule has 0 unspecified atom stereocenters. The number of benzene rings is 1. The number of halogens is 1. The molecule has 0 saturated heterocycles. The zero-order valence-electron chi connectivity index (χ0n) is 14.8. The van der Waals surface area contributed by atoms with Gasteiger partial charge in [-0.25, -0.2) is 14.2 Å². The fourth-order valence-electron chi connectivity index (χ4n) is 3.17. The number of aromatic nitrogens is 3. The molecule has 0 fully saturated rings. The highest BCUT2D eigenvalue weighted by molar-refractivity contribution is 6.28. The van der Waals surface area contributed by atoms with E-state index in [0.29, 0.717) is 0 Å². The van der Waals surface area contributed by atoms with Crippen LogP contribution in [-0.2, 0) is 14.1 Å². The molecule has 9 heteroatoms. The molecule has 0 amide bonds. The second-order valence-corrected chi connectivity index (χ2v) is 6.31. The van der Waals surface area contributed by atoms with E-state index in [-0.39, 0.29) is 33.5 Å². The Kier molecular flexibility index (Phi) is 3.81. The van der Waals surface area contributed by atoms with Crippen LogP contribution in [0.1, 0.15) is 20.7 Å². The van der Waals surface area contributed by atoms with Gasteiger partial charge in [-0.1, -0.05) is 12.1 Å². The quantitative estimate of drug-likeness (QED) is 0.715. The lowest BCUT2D eigenvalue weighted by Crippen LogP contribution is -2.38. The number of nitrogens with zero attached hydrogens (tertiary/aromatic N) is 3. The van der Waals surface area contributed by atoms with Crippen molar-refractivity contribution in [3.63, 3.8) is 0 Å². The Bertz CT molecular complexity index is 1350. The third kappa shape index (κ3) is 2.40. The van der Waals surface area contributed by atoms with Crippen LogP contribution in [0.3, 0.4) is 0 Å². The Hall–Kier alpha value is -3.88. The SMILES string of the molecule is Cn1c(=O)c2c3c(cnc2n(C)c1=O)C(=O)C(Nc1ccccc1F)=CC3=O. The van der Waals surface area contributed by atoms with Gasteiger partial charge in [0.15, 0.2) is 5.78 Å². The minimum atomic E-state index is -0.720. The number of hydrogen-bond acceptors (Lipinski definition) is 6. The number of fused-ring (bicyclic) bond motifs is 3. The van der Waals surface area contributed by atoms with E-state index < -0.39 is 28.6 Å². The summed E-state index contributed by atoms with van der Waals surface area (Å²) in [5.41, 5.74) is -1.62. The van der Waals surface area contributed by atoms with Crippen molar-refractivity contribution in [3.8, 4) is 0 Å². The molecule has 1 aliphatic carbocycles. The van der Waals surface area contributed by atoms with E-state index in [1.807, 2.05) is 0 Å². The highest BCUT2D eigenvalue weighted by Crippen LogP contribution is 2.26. The molecular weight excluding hydrogens is 367 g/mol. The predicted octanol–water partition coefficient (Wildman–Crippen LogP) is 1.15. The summed E-state index contributed by atoms with van der Waals surface area (Å²) in [6, 6.07) is 5.71. The third-order valence-electron chi connectivity index (χ3n) is 4.62. The van der Waals surface area contributed by atoms with E-state index >= 15 is 0 Å². The van der Waals surface area contributed by atoms with Crippen LogP contribution in [0.15, 0.2) is 51.8 Å². The third-order valence-corrected chi connectivity index (χ3v) is 4.62. The van der Waals surface area contributed by atoms with Gasteiger partial charge in [0.1, 0.15) is 11.5 Å². The molecule has 28 heavy (non-hydrogen) atoms. The van der Waals surface area contributed by atoms with Crippen LogP contribution in [0.5, 0.6) is 0 Å². The largest absolute Gasteiger partial charge is 0.350 e. The normalized spacial score (nSPS) is 13.5. The Balaban J connectivity index is 1.94. The summed E-state index contributed by atoms with van der Waals surface area (Å²) in [6.07, 6.45) is 2.16. The van der Waals surface area contributed by atoms with E-state index in [1.165, 1.54) is 32.3 Å². The standard InChI is InChI=1S/C19H13FN4O4/c1-23-17-15(18(27)24(2)19(23)28)14-9(8-21-17)16(26)12(7-13(14)25)22-11-6-4-3-5-10(11)20/h3-8,22H,1-2H3. The van der Waals surface area contributed by atoms with Gasteiger partial charge in [-0.3, -0.25) is 23.5 Å². The number of allylic oxidation sites excluding steroid dienone is 2. The molecular formula is C19H13FN4O4. The number of carbonyl (C=O) groups is 2. The number of aryl methyl sites for hydroxylation is 1. The van der Waals surface area contributed by atoms with Crippen molar-refractivity contribution in [1.29, 1.82) is 0 Å². The second-order valence-electron chi connectivity index (χ2n) is 6.31. The van der Waals surface area contributed by atoms with E-state index in [2.05, 4.69) is 10.3 Å². The van der Waals surface area contributed by atoms with Gasteiger partial charge >= 0.3 is 5.69 Å². The molecule has 3 aromatic rings. The Morgan fingerprint density at radius 2 is 1.75 bits per heavy atom. The first kappa shape index (κ1) is 17.5. The number of nitrogens with one attached hydrogen (secondary N) is 1. The van der Waals surface area contributed by atoms with Gasteiger partial charge in [-0.15, -0.1) is 0 Å². The monoisotopic (exact) mass is 380 g/mol. The fraction of sp³-hybridized carbons (Fsp3) is 0.105. The van der Waals surface area contributed by atoms with E-state index in [9.17, 15) is 23.6 Å². The van der Waals surface area contributed by atoms with Gasteiger partial charge in [0.25, 0.3) is 5.56 Å². The maximum absolute atomic E-state index is 13.9. The van der Waals surface area contributed by atoms with Crippen molar-refractivity contribution >= 4 is 28.3 Å². The van der Waals surface area contributed by atoms with Gasteiger partial charge in [0, 0.05) is 26.4 Å². The molecule has 1 aliphatic rings. The number of anilines is 1. The van der Waals surface area contributed by atoms with Crippen LogP contribution in [0.25, 0.3) is 11.0 Å². The first-order chi connectivity index (χ1) is 13.3. The van der Waals surface area contributed by atoms with Crippen LogP contribution < -0.4 is 16.6 Å². The average molecular weight is 380 g/mol. The summed E-state index contributed by atoms with van der Waals surface area (Å²) in [4.78, 5) is 54.3. The maximum Gasteiger partial charge on any atom is 0.332 e. The molecule has 0 atom stereocenters. The molecule has 1 aromatic carbocycles. The lowest BCUT2D eigenvalue weighted by molar-refractivity contribution is 0.0986. The molecule has 0 spiro atoms. The topological polar surface area (TPSA) is 103 Å². The number of carbonyl (C=O) groups excluding carboxylic acids is 2. The minimum absolute atomic E-state index is 0.00640. The summed E-state index contributed by atoms with van der Waals surface area (Å²) in [5.74, 6) is -1.81. The summed E-state index contributed by atoms with van der Waals surface area (Å²) < 4.78 is 15.9. The lowest BCUT2D eigenvalue weighted by atomic mass is 9.92. The van der Waals surface area contributed by atoms with E-state index in [1.54, 1.807) is 6.07 Å². The summed E-state index contributed by atoms with van der Waals surface area (Å²) in [7, 11) is 2.69. The fourth-order valence-corrected chi connectivity index (χ4v) is 3.17. The summed E-state index contributed by atoms with van der Waals surface area (Å²) in [5, 5.41) is 2.50. The van der Waals surface area contributed by atoms with Gasteiger partial charge in [0.05, 0.1) is 27.9 Å². The number of Topliss-reactive ketones (excluding diaryl/α,β-unsaturated/α-hetero) is 1. The number of rotatable bonds is 2. The van der Waals surface area contributed by atoms with Gasteiger partial charge in [-0.05, 0) is 12.1 Å². The molecule has 2 aromatic heterocycles. The first-order valence-corrected chi connectivity index (χ1v) is 8.22. The molecule has 2 heterocycles. The molecule has 140 valence electrons. The van der Waals surface area contributed by atoms with Gasteiger partial charge < -0.3 is 5.32 Å². The van der Waals surface area contributed by atoms with Crippen molar-refractivity contribution < 1.29 is 14.0 Å². The van der Waals surface area contributed by atoms with Crippen molar-refractivity contribution in [1.82, 2.24) is 14.1 Å². The van der Waals surface area contributed by atoms with E-state index in [0.717, 1.165) is 21.4 Å². The molecule has 1 N–H and O–H groups in total. The molecule has 8 nitrogen and oxygen atoms in total. The highest BCUT2D eigenvalue weighted by atomic mass is 19.1. The van der Waals surface area contributed by atoms with Crippen LogP contribution in [0.4, 0.5) is 10.1 Å². The number of pyridine rings is 1. The van der Waals surface area contributed by atoms with Crippen LogP contribution in [0, 0.1) is 5.82 Å². The van der Waals surface area contributed by atoms with Crippen LogP contribution in [-0.4, -0.2) is 25.7 Å². The Labute approximate surface area is 156 Å². The Morgan fingerprint density at radius 3 is 2.46 bits per heavy atom. The molecule has 0 saturated carbocycles. The number of hydrogen-bond donors (Lipinski definition) is 1. The predicted molar refractivity (Wildman–Crippen MR) is 99.0 cm³/mol. The lowest BCUT2D eigenvalue weighted by Gasteiger charge is -2.18. The number of para-hydroxylation sites is 1. The minimum Gasteiger partial charge on any atom is -0.350 e.